The molecule has 0 N–H and O–H groups in total. The highest BCUT2D eigenvalue weighted by Crippen LogP contribution is 2.13. The lowest BCUT2D eigenvalue weighted by Crippen LogP contribution is -3.00. The Hall–Kier alpha value is 0.457. The van der Waals surface area contributed by atoms with Gasteiger partial charge in [-0.05, 0) is 0 Å². The molecular formula is C10H20INO3SSi. The fourth-order valence-corrected chi connectivity index (χ4v) is 4.13. The summed E-state index contributed by atoms with van der Waals surface area (Å²) in [5.74, 6) is 0. The first kappa shape index (κ1) is 17.5. The van der Waals surface area contributed by atoms with Crippen molar-refractivity contribution in [3.63, 3.8) is 0 Å². The molecule has 0 amide bonds. The number of hydrogen-bond donors (Lipinski definition) is 0. The van der Waals surface area contributed by atoms with Gasteiger partial charge in [-0.3, -0.25) is 0 Å². The van der Waals surface area contributed by atoms with Crippen LogP contribution in [0.1, 0.15) is 10.7 Å². The maximum absolute atomic E-state index is 5.40. The van der Waals surface area contributed by atoms with Crippen molar-refractivity contribution in [2.24, 2.45) is 0 Å². The Kier molecular flexibility index (Phi) is 8.01. The number of nitrogens with zero attached hydrogens (tertiary/aromatic N) is 1. The van der Waals surface area contributed by atoms with E-state index in [1.807, 2.05) is 0 Å². The van der Waals surface area contributed by atoms with Crippen molar-refractivity contribution in [1.82, 2.24) is 0 Å². The normalized spacial score (nSPS) is 11.4. The van der Waals surface area contributed by atoms with Crippen LogP contribution in [-0.4, -0.2) is 30.1 Å². The molecule has 0 atom stereocenters. The number of halogens is 1. The van der Waals surface area contributed by atoms with Crippen LogP contribution in [0.25, 0.3) is 0 Å². The summed E-state index contributed by atoms with van der Waals surface area (Å²) in [7, 11) is 2.51. The lowest BCUT2D eigenvalue weighted by Gasteiger charge is -2.22. The molecule has 0 saturated heterocycles. The van der Waals surface area contributed by atoms with E-state index in [1.165, 1.54) is 10.7 Å². The van der Waals surface area contributed by atoms with Crippen molar-refractivity contribution < 1.29 is 41.8 Å². The van der Waals surface area contributed by atoms with E-state index < -0.39 is 8.80 Å². The van der Waals surface area contributed by atoms with E-state index in [2.05, 4.69) is 23.8 Å². The minimum atomic E-state index is -2.44. The van der Waals surface area contributed by atoms with Crippen molar-refractivity contribution >= 4 is 20.1 Å². The highest BCUT2D eigenvalue weighted by Gasteiger charge is 2.39. The van der Waals surface area contributed by atoms with E-state index in [-0.39, 0.29) is 24.0 Å². The number of rotatable bonds is 6. The molecule has 1 aromatic rings. The van der Waals surface area contributed by atoms with Crippen LogP contribution in [0.3, 0.4) is 0 Å². The van der Waals surface area contributed by atoms with Crippen LogP contribution >= 0.6 is 11.3 Å². The number of hydrogen-bond acceptors (Lipinski definition) is 4. The SMILES string of the molecule is CO[Si](CC[n+]1c(C)csc1C)(OC)OC.[I-]. The standard InChI is InChI=1S/C10H20NO3SSi.HI/c1-9-8-15-10(2)11(9)6-7-16(12-3,13-4)14-5;/h8H,6-7H2,1-5H3;1H/q+1;/p-1. The Bertz CT molecular complexity index is 317. The maximum atomic E-state index is 5.40. The van der Waals surface area contributed by atoms with Gasteiger partial charge in [-0.25, -0.2) is 0 Å². The van der Waals surface area contributed by atoms with Gasteiger partial charge in [0.25, 0.3) is 0 Å². The predicted octanol–water partition coefficient (Wildman–Crippen LogP) is -1.47. The van der Waals surface area contributed by atoms with Gasteiger partial charge in [-0.15, -0.1) is 0 Å². The van der Waals surface area contributed by atoms with Crippen molar-refractivity contribution in [2.45, 2.75) is 26.4 Å². The van der Waals surface area contributed by atoms with Gasteiger partial charge in [-0.2, -0.15) is 4.57 Å². The predicted molar refractivity (Wildman–Crippen MR) is 65.6 cm³/mol. The Morgan fingerprint density at radius 2 is 1.71 bits per heavy atom. The molecule has 0 unspecified atom stereocenters. The largest absolute Gasteiger partial charge is 1.00 e. The van der Waals surface area contributed by atoms with Crippen LogP contribution in [0.5, 0.6) is 0 Å². The molecule has 1 heterocycles. The minimum Gasteiger partial charge on any atom is -1.00 e. The Balaban J connectivity index is 0.00000256. The molecular weight excluding hydrogens is 369 g/mol. The average Bonchev–Trinajstić information content (AvgIpc) is 2.62. The van der Waals surface area contributed by atoms with E-state index >= 15 is 0 Å². The molecule has 100 valence electrons. The average molecular weight is 389 g/mol. The molecule has 0 spiro atoms. The quantitative estimate of drug-likeness (QED) is 0.339. The van der Waals surface area contributed by atoms with E-state index in [1.54, 1.807) is 32.7 Å². The van der Waals surface area contributed by atoms with Crippen LogP contribution in [0.4, 0.5) is 0 Å². The molecule has 17 heavy (non-hydrogen) atoms. The summed E-state index contributed by atoms with van der Waals surface area (Å²) in [5, 5.41) is 3.45. The van der Waals surface area contributed by atoms with Gasteiger partial charge in [0.15, 0.2) is 12.2 Å². The summed E-state index contributed by atoms with van der Waals surface area (Å²) in [5.41, 5.74) is 1.27. The number of aromatic nitrogens is 1. The second-order valence-electron chi connectivity index (χ2n) is 3.59. The van der Waals surface area contributed by atoms with Crippen LogP contribution in [-0.2, 0) is 19.8 Å². The molecule has 0 aliphatic heterocycles. The molecule has 0 bridgehead atoms. The van der Waals surface area contributed by atoms with Gasteiger partial charge in [-0.1, -0.05) is 11.3 Å². The lowest BCUT2D eigenvalue weighted by molar-refractivity contribution is -0.700. The van der Waals surface area contributed by atoms with Gasteiger partial charge < -0.3 is 37.3 Å². The van der Waals surface area contributed by atoms with Crippen LogP contribution in [0.2, 0.25) is 6.04 Å². The number of aryl methyl sites for hydroxylation is 2. The molecule has 0 aliphatic rings. The van der Waals surface area contributed by atoms with Gasteiger partial charge in [0.2, 0.25) is 5.01 Å². The summed E-state index contributed by atoms with van der Waals surface area (Å²) in [6.07, 6.45) is 0. The summed E-state index contributed by atoms with van der Waals surface area (Å²) in [6, 6.07) is 0.791. The zero-order chi connectivity index (χ0) is 12.2. The molecule has 0 saturated carbocycles. The Morgan fingerprint density at radius 1 is 1.18 bits per heavy atom. The first-order valence-corrected chi connectivity index (χ1v) is 7.99. The first-order valence-electron chi connectivity index (χ1n) is 5.18. The maximum Gasteiger partial charge on any atom is 0.506 e. The third-order valence-corrected chi connectivity index (χ3v) is 6.50. The van der Waals surface area contributed by atoms with E-state index in [0.29, 0.717) is 0 Å². The molecule has 4 nitrogen and oxygen atoms in total. The van der Waals surface area contributed by atoms with Gasteiger partial charge in [0, 0.05) is 35.2 Å². The lowest BCUT2D eigenvalue weighted by atomic mass is 10.5. The van der Waals surface area contributed by atoms with Crippen LogP contribution in [0.15, 0.2) is 5.38 Å². The summed E-state index contributed by atoms with van der Waals surface area (Å²) >= 11 is 1.76. The van der Waals surface area contributed by atoms with Gasteiger partial charge >= 0.3 is 8.80 Å². The van der Waals surface area contributed by atoms with Gasteiger partial charge in [0.1, 0.15) is 0 Å². The van der Waals surface area contributed by atoms with E-state index in [0.717, 1.165) is 12.6 Å². The smallest absolute Gasteiger partial charge is 0.506 e. The summed E-state index contributed by atoms with van der Waals surface area (Å²) < 4.78 is 18.5. The molecule has 1 rings (SSSR count). The second-order valence-corrected chi connectivity index (χ2v) is 7.75. The highest BCUT2D eigenvalue weighted by molar-refractivity contribution is 7.09. The van der Waals surface area contributed by atoms with Gasteiger partial charge in [0.05, 0.1) is 11.4 Å². The Morgan fingerprint density at radius 3 is 2.06 bits per heavy atom. The van der Waals surface area contributed by atoms with Crippen molar-refractivity contribution in [1.29, 1.82) is 0 Å². The second kappa shape index (κ2) is 7.80. The fourth-order valence-electron chi connectivity index (χ4n) is 1.68. The zero-order valence-electron chi connectivity index (χ0n) is 10.9. The third kappa shape index (κ3) is 4.25. The fraction of sp³-hybridized carbons (Fsp3) is 0.700. The topological polar surface area (TPSA) is 31.6 Å². The van der Waals surface area contributed by atoms with Crippen molar-refractivity contribution in [3.8, 4) is 0 Å². The minimum absolute atomic E-state index is 0. The van der Waals surface area contributed by atoms with E-state index in [4.69, 9.17) is 13.3 Å². The Labute approximate surface area is 125 Å². The van der Waals surface area contributed by atoms with Crippen LogP contribution < -0.4 is 28.5 Å². The molecule has 0 radical (unpaired) electrons. The monoisotopic (exact) mass is 389 g/mol. The third-order valence-electron chi connectivity index (χ3n) is 2.78. The highest BCUT2D eigenvalue weighted by atomic mass is 127. The first-order chi connectivity index (χ1) is 7.58. The zero-order valence-corrected chi connectivity index (χ0v) is 14.9. The van der Waals surface area contributed by atoms with Crippen LogP contribution in [0, 0.1) is 13.8 Å². The molecule has 0 fully saturated rings. The number of thiazole rings is 1. The van der Waals surface area contributed by atoms with E-state index in [9.17, 15) is 0 Å². The van der Waals surface area contributed by atoms with Crippen molar-refractivity contribution in [2.75, 3.05) is 21.3 Å². The molecule has 7 heteroatoms. The molecule has 0 aromatic carbocycles. The molecule has 1 aromatic heterocycles. The van der Waals surface area contributed by atoms with Crippen molar-refractivity contribution in [3.05, 3.63) is 16.1 Å². The summed E-state index contributed by atoms with van der Waals surface area (Å²) in [4.78, 5) is 0. The summed E-state index contributed by atoms with van der Waals surface area (Å²) in [6.45, 7) is 5.11. The molecule has 0 aliphatic carbocycles.